The predicted octanol–water partition coefficient (Wildman–Crippen LogP) is 14.1. The highest BCUT2D eigenvalue weighted by Crippen LogP contribution is 2.25. The Morgan fingerprint density at radius 3 is 2.10 bits per heavy atom. The van der Waals surface area contributed by atoms with Gasteiger partial charge in [-0.25, -0.2) is 0 Å². The molecule has 0 radical (unpaired) electrons. The van der Waals surface area contributed by atoms with E-state index in [4.69, 9.17) is 19.0 Å². The highest BCUT2D eigenvalue weighted by atomic mass is 16.5. The molecular weight excluding hydrogens is 757 g/mol. The van der Waals surface area contributed by atoms with Gasteiger partial charge in [-0.3, -0.25) is 0 Å². The van der Waals surface area contributed by atoms with E-state index in [9.17, 15) is 0 Å². The Labute approximate surface area is 373 Å². The summed E-state index contributed by atoms with van der Waals surface area (Å²) in [5.74, 6) is 2.58. The quantitative estimate of drug-likeness (QED) is 0.0418. The topological polar surface area (TPSA) is 84.8 Å². The van der Waals surface area contributed by atoms with Crippen LogP contribution in [0.15, 0.2) is 124 Å². The highest BCUT2D eigenvalue weighted by Gasteiger charge is 2.14. The van der Waals surface area contributed by atoms with Crippen LogP contribution in [-0.4, -0.2) is 62.6 Å². The van der Waals surface area contributed by atoms with Gasteiger partial charge < -0.3 is 29.2 Å². The first-order valence-electron chi connectivity index (χ1n) is 22.6. The first-order chi connectivity index (χ1) is 29.2. The number of methoxy groups -OCH3 is 1. The van der Waals surface area contributed by atoms with Crippen LogP contribution in [0.3, 0.4) is 0 Å². The van der Waals surface area contributed by atoms with Crippen molar-refractivity contribution < 1.29 is 19.0 Å². The second-order valence-corrected chi connectivity index (χ2v) is 16.1. The standard InChI is InChI=1S/C35H43N3O2.C11H25N.C5H12O.C2H4O/c1-6-14-33(38-36-5)31-20-22-32(23-21-31)37-34(24-19-28(4)39-25-29-15-10-8-11-16-29)35(27(3)7-2)40-26-30-17-12-9-13-18-30;1-5-9-12(7-3)10-8-11(4)6-2;1-5(2,3)6-4;1-2-3/h8-12,15-17,19-24,37H,5-7,13-14,18,25-26H2,1-4H3;11H,5-10H2,1-4H3;1-4H3;2H,1H3/b28-19+,34-24+,35-27?,38-33+;;;. The minimum absolute atomic E-state index is 0.0417. The number of carbonyl (C=O) groups excluding carboxylic acids is 1. The van der Waals surface area contributed by atoms with E-state index in [1.54, 1.807) is 7.11 Å². The molecule has 0 saturated heterocycles. The van der Waals surface area contributed by atoms with E-state index in [1.807, 2.05) is 58.0 Å². The molecule has 0 aromatic heterocycles. The van der Waals surface area contributed by atoms with Crippen molar-refractivity contribution in [2.75, 3.05) is 38.7 Å². The maximum Gasteiger partial charge on any atom is 0.142 e. The first-order valence-corrected chi connectivity index (χ1v) is 22.6. The maximum absolute atomic E-state index is 8.81. The van der Waals surface area contributed by atoms with Gasteiger partial charge in [0.1, 0.15) is 25.3 Å². The van der Waals surface area contributed by atoms with E-state index >= 15 is 0 Å². The number of anilines is 1. The van der Waals surface area contributed by atoms with Gasteiger partial charge in [0, 0.05) is 19.5 Å². The lowest BCUT2D eigenvalue weighted by Gasteiger charge is -2.21. The van der Waals surface area contributed by atoms with Crippen LogP contribution in [0.2, 0.25) is 0 Å². The summed E-state index contributed by atoms with van der Waals surface area (Å²) in [5.41, 5.74) is 7.47. The Hall–Kier alpha value is -4.53. The van der Waals surface area contributed by atoms with Crippen LogP contribution in [0.5, 0.6) is 0 Å². The van der Waals surface area contributed by atoms with Crippen LogP contribution in [0.4, 0.5) is 5.69 Å². The second-order valence-electron chi connectivity index (χ2n) is 16.1. The Kier molecular flexibility index (Phi) is 32.5. The number of carbonyl (C=O) groups is 1. The Morgan fingerprint density at radius 2 is 1.59 bits per heavy atom. The number of allylic oxidation sites excluding steroid dienone is 7. The molecule has 0 bridgehead atoms. The van der Waals surface area contributed by atoms with E-state index in [0.717, 1.165) is 84.0 Å². The average molecular weight is 841 g/mol. The number of rotatable bonds is 22. The van der Waals surface area contributed by atoms with Gasteiger partial charge in [-0.15, -0.1) is 0 Å². The molecule has 1 aliphatic carbocycles. The molecule has 2 aromatic carbocycles. The van der Waals surface area contributed by atoms with Crippen LogP contribution >= 0.6 is 0 Å². The van der Waals surface area contributed by atoms with Gasteiger partial charge >= 0.3 is 0 Å². The van der Waals surface area contributed by atoms with E-state index in [2.05, 4.69) is 130 Å². The van der Waals surface area contributed by atoms with Crippen LogP contribution in [0.25, 0.3) is 0 Å². The number of aldehydes is 1. The highest BCUT2D eigenvalue weighted by molar-refractivity contribution is 6.00. The number of hydrogen-bond donors (Lipinski definition) is 1. The van der Waals surface area contributed by atoms with Crippen LogP contribution in [0, 0.1) is 5.92 Å². The summed E-state index contributed by atoms with van der Waals surface area (Å²) in [6, 6.07) is 18.5. The molecule has 340 valence electrons. The molecule has 0 heterocycles. The van der Waals surface area contributed by atoms with Gasteiger partial charge in [0.2, 0.25) is 0 Å². The second kappa shape index (κ2) is 35.1. The normalized spacial score (nSPS) is 13.8. The van der Waals surface area contributed by atoms with Crippen LogP contribution in [-0.2, 0) is 25.6 Å². The summed E-state index contributed by atoms with van der Waals surface area (Å²) >= 11 is 0. The number of nitrogens with one attached hydrogen (secondary N) is 1. The zero-order valence-electron chi connectivity index (χ0n) is 40.6. The summed E-state index contributed by atoms with van der Waals surface area (Å²) in [5, 5.41) is 11.6. The third-order valence-corrected chi connectivity index (χ3v) is 9.87. The van der Waals surface area contributed by atoms with Gasteiger partial charge in [0.15, 0.2) is 0 Å². The molecule has 2 aromatic rings. The molecule has 1 atom stereocenters. The van der Waals surface area contributed by atoms with Gasteiger partial charge in [0.05, 0.1) is 22.8 Å². The smallest absolute Gasteiger partial charge is 0.142 e. The minimum atomic E-state index is 0.0417. The van der Waals surface area contributed by atoms with E-state index in [0.29, 0.717) is 13.2 Å². The van der Waals surface area contributed by atoms with Crippen LogP contribution < -0.4 is 5.32 Å². The summed E-state index contributed by atoms with van der Waals surface area (Å²) in [7, 11) is 1.71. The lowest BCUT2D eigenvalue weighted by molar-refractivity contribution is -0.106. The fourth-order valence-corrected chi connectivity index (χ4v) is 5.55. The number of nitrogens with zero attached hydrogens (tertiary/aromatic N) is 3. The van der Waals surface area contributed by atoms with Crippen molar-refractivity contribution in [2.45, 2.75) is 147 Å². The summed E-state index contributed by atoms with van der Waals surface area (Å²) < 4.78 is 17.5. The molecule has 1 N–H and O–H groups in total. The Balaban J connectivity index is 0.00000141. The molecule has 3 rings (SSSR count). The molecular formula is C53H84N4O4. The minimum Gasteiger partial charge on any atom is -0.494 e. The van der Waals surface area contributed by atoms with Crippen molar-refractivity contribution >= 4 is 24.4 Å². The monoisotopic (exact) mass is 841 g/mol. The van der Waals surface area contributed by atoms with Crippen molar-refractivity contribution in [2.24, 2.45) is 16.1 Å². The first kappa shape index (κ1) is 56.5. The fraction of sp³-hybridized carbons (Fsp3) is 0.528. The zero-order chi connectivity index (χ0) is 45.9. The van der Waals surface area contributed by atoms with Crippen molar-refractivity contribution in [3.8, 4) is 0 Å². The molecule has 1 unspecified atom stereocenters. The maximum atomic E-state index is 8.81. The Bertz CT molecular complexity index is 1650. The van der Waals surface area contributed by atoms with E-state index in [1.165, 1.54) is 57.0 Å². The number of ether oxygens (including phenoxy) is 3. The zero-order valence-corrected chi connectivity index (χ0v) is 40.6. The van der Waals surface area contributed by atoms with Crippen molar-refractivity contribution in [3.05, 3.63) is 124 Å². The molecule has 0 amide bonds. The molecule has 1 aliphatic rings. The Morgan fingerprint density at radius 1 is 0.934 bits per heavy atom. The van der Waals surface area contributed by atoms with E-state index < -0.39 is 0 Å². The van der Waals surface area contributed by atoms with Crippen LogP contribution in [0.1, 0.15) is 146 Å². The molecule has 0 saturated carbocycles. The third kappa shape index (κ3) is 27.8. The van der Waals surface area contributed by atoms with Gasteiger partial charge in [-0.05, 0) is 152 Å². The molecule has 8 heteroatoms. The van der Waals surface area contributed by atoms with Crippen molar-refractivity contribution in [3.63, 3.8) is 0 Å². The number of benzene rings is 2. The van der Waals surface area contributed by atoms with Gasteiger partial charge in [-0.1, -0.05) is 115 Å². The molecule has 0 spiro atoms. The van der Waals surface area contributed by atoms with Crippen molar-refractivity contribution in [1.82, 2.24) is 4.90 Å². The predicted molar refractivity (Wildman–Crippen MR) is 265 cm³/mol. The van der Waals surface area contributed by atoms with E-state index in [-0.39, 0.29) is 5.60 Å². The molecule has 0 aliphatic heterocycles. The summed E-state index contributed by atoms with van der Waals surface area (Å²) in [6.45, 7) is 33.4. The van der Waals surface area contributed by atoms with Gasteiger partial charge in [0.25, 0.3) is 0 Å². The number of hydrogen-bond acceptors (Lipinski definition) is 8. The lowest BCUT2D eigenvalue weighted by atomic mass is 10.1. The molecule has 61 heavy (non-hydrogen) atoms. The molecule has 8 nitrogen and oxygen atoms in total. The van der Waals surface area contributed by atoms with Crippen molar-refractivity contribution in [1.29, 1.82) is 0 Å². The summed E-state index contributed by atoms with van der Waals surface area (Å²) in [6.07, 6.45) is 20.0. The average Bonchev–Trinajstić information content (AvgIpc) is 3.27. The SMILES string of the molecule is C=N/N=C(\CCC)c1ccc(N/C(=C/C=C(\C)OCc2ccccc2)C(OCC2=CC=CCC2)=C(C)CC)cc1.CC=O.CCCN(CC)CCC(C)CC.COC(C)(C)C. The molecule has 0 fully saturated rings. The van der Waals surface area contributed by atoms with Gasteiger partial charge in [-0.2, -0.15) is 10.2 Å². The third-order valence-electron chi connectivity index (χ3n) is 9.87. The lowest BCUT2D eigenvalue weighted by Crippen LogP contribution is -2.26. The largest absolute Gasteiger partial charge is 0.494 e. The summed E-state index contributed by atoms with van der Waals surface area (Å²) in [4.78, 5) is 11.4. The fourth-order valence-electron chi connectivity index (χ4n) is 5.55.